The lowest BCUT2D eigenvalue weighted by Crippen LogP contribution is -2.37. The molecule has 0 spiro atoms. The van der Waals surface area contributed by atoms with E-state index in [9.17, 15) is 9.59 Å². The lowest BCUT2D eigenvalue weighted by Gasteiger charge is -2.30. The Hall–Kier alpha value is -2.80. The topological polar surface area (TPSA) is 68.3 Å². The molecule has 2 aromatic carbocycles. The number of fused-ring (bicyclic) bond motifs is 1. The molecular weight excluding hydrogens is 485 g/mol. The van der Waals surface area contributed by atoms with Crippen molar-refractivity contribution in [3.63, 3.8) is 0 Å². The van der Waals surface area contributed by atoms with E-state index in [0.29, 0.717) is 39.1 Å². The lowest BCUT2D eigenvalue weighted by molar-refractivity contribution is 0.0646. The van der Waals surface area contributed by atoms with Gasteiger partial charge in [-0.2, -0.15) is 0 Å². The van der Waals surface area contributed by atoms with E-state index in [2.05, 4.69) is 0 Å². The van der Waals surface area contributed by atoms with Gasteiger partial charge in [-0.25, -0.2) is 4.98 Å². The number of amides is 1. The number of hydrogen-bond acceptors (Lipinski definition) is 4. The molecule has 0 saturated heterocycles. The van der Waals surface area contributed by atoms with Crippen molar-refractivity contribution in [1.82, 2.24) is 14.5 Å². The van der Waals surface area contributed by atoms with Gasteiger partial charge in [-0.3, -0.25) is 14.2 Å². The summed E-state index contributed by atoms with van der Waals surface area (Å²) < 4.78 is 7.05. The minimum absolute atomic E-state index is 0.157. The highest BCUT2D eigenvalue weighted by Crippen LogP contribution is 2.29. The summed E-state index contributed by atoms with van der Waals surface area (Å²) in [5.74, 6) is 0.689. The number of hydrogen-bond donors (Lipinski definition) is 0. The zero-order chi connectivity index (χ0) is 23.7. The van der Waals surface area contributed by atoms with Gasteiger partial charge in [0.25, 0.3) is 11.5 Å². The highest BCUT2D eigenvalue weighted by Gasteiger charge is 2.29. The van der Waals surface area contributed by atoms with Gasteiger partial charge in [0.1, 0.15) is 11.6 Å². The fourth-order valence-electron chi connectivity index (χ4n) is 3.75. The van der Waals surface area contributed by atoms with Gasteiger partial charge in [-0.05, 0) is 62.4 Å². The van der Waals surface area contributed by atoms with Gasteiger partial charge in [0.15, 0.2) is 0 Å². The molecule has 0 bridgehead atoms. The van der Waals surface area contributed by atoms with Crippen LogP contribution in [0.5, 0.6) is 0 Å². The zero-order valence-electron chi connectivity index (χ0n) is 17.9. The quantitative estimate of drug-likeness (QED) is 0.306. The smallest absolute Gasteiger partial charge is 0.261 e. The molecule has 0 saturated carbocycles. The Bertz CT molecular complexity index is 1380. The van der Waals surface area contributed by atoms with Crippen molar-refractivity contribution in [3.05, 3.63) is 97.4 Å². The van der Waals surface area contributed by atoms with E-state index in [1.165, 1.54) is 12.3 Å². The predicted octanol–water partition coefficient (Wildman–Crippen LogP) is 6.37. The summed E-state index contributed by atoms with van der Waals surface area (Å²) in [4.78, 5) is 33.2. The first-order valence-electron chi connectivity index (χ1n) is 10.3. The normalized spacial score (nSPS) is 12.2. The van der Waals surface area contributed by atoms with E-state index in [4.69, 9.17) is 44.2 Å². The Balaban J connectivity index is 1.85. The maximum absolute atomic E-state index is 13.6. The van der Waals surface area contributed by atoms with Crippen molar-refractivity contribution in [3.8, 4) is 0 Å². The summed E-state index contributed by atoms with van der Waals surface area (Å²) in [6.45, 7) is 4.20. The number of halogens is 3. The van der Waals surface area contributed by atoms with Crippen molar-refractivity contribution >= 4 is 51.6 Å². The number of carbonyl (C=O) groups is 1. The van der Waals surface area contributed by atoms with Gasteiger partial charge >= 0.3 is 0 Å². The molecule has 0 radical (unpaired) electrons. The molecule has 170 valence electrons. The minimum Gasteiger partial charge on any atom is -0.467 e. The van der Waals surface area contributed by atoms with Crippen molar-refractivity contribution in [2.75, 3.05) is 0 Å². The van der Waals surface area contributed by atoms with E-state index in [0.717, 1.165) is 0 Å². The Morgan fingerprint density at radius 2 is 1.85 bits per heavy atom. The van der Waals surface area contributed by atoms with Crippen molar-refractivity contribution in [1.29, 1.82) is 0 Å². The molecular formula is C24H20Cl3N3O3. The Kier molecular flexibility index (Phi) is 6.79. The fourth-order valence-corrected chi connectivity index (χ4v) is 4.41. The van der Waals surface area contributed by atoms with E-state index >= 15 is 0 Å². The monoisotopic (exact) mass is 503 g/mol. The molecule has 0 aliphatic carbocycles. The standard InChI is InChI=1S/C24H20Cl3N3O3/c1-3-29-22(28-21-9-7-15(25)11-19(21)24(29)32)14(2)30(13-17-5-4-10-33-17)23(31)18-8-6-16(26)12-20(18)27/h4-12,14H,3,13H2,1-2H3. The molecule has 6 nitrogen and oxygen atoms in total. The average Bonchev–Trinajstić information content (AvgIpc) is 3.30. The molecule has 0 fully saturated rings. The first kappa shape index (κ1) is 23.4. The molecule has 0 aliphatic heterocycles. The summed E-state index contributed by atoms with van der Waals surface area (Å²) in [5.41, 5.74) is 0.574. The van der Waals surface area contributed by atoms with Crippen molar-refractivity contribution < 1.29 is 9.21 Å². The molecule has 2 heterocycles. The van der Waals surface area contributed by atoms with Gasteiger partial charge in [-0.1, -0.05) is 34.8 Å². The van der Waals surface area contributed by atoms with Gasteiger partial charge in [-0.15, -0.1) is 0 Å². The molecule has 4 aromatic rings. The molecule has 1 unspecified atom stereocenters. The van der Waals surface area contributed by atoms with Crippen LogP contribution in [0.15, 0.2) is 64.0 Å². The van der Waals surface area contributed by atoms with Gasteiger partial charge in [0, 0.05) is 16.6 Å². The predicted molar refractivity (Wildman–Crippen MR) is 130 cm³/mol. The molecule has 9 heteroatoms. The SMILES string of the molecule is CCn1c(C(C)N(Cc2ccco2)C(=O)c2ccc(Cl)cc2Cl)nc2ccc(Cl)cc2c1=O. The average molecular weight is 505 g/mol. The molecule has 1 amide bonds. The highest BCUT2D eigenvalue weighted by atomic mass is 35.5. The Labute approximate surface area is 205 Å². The second-order valence-electron chi connectivity index (χ2n) is 7.49. The van der Waals surface area contributed by atoms with Crippen LogP contribution in [0.25, 0.3) is 10.9 Å². The van der Waals surface area contributed by atoms with Crippen LogP contribution in [-0.2, 0) is 13.1 Å². The minimum atomic E-state index is -0.581. The van der Waals surface area contributed by atoms with E-state index in [1.54, 1.807) is 51.9 Å². The van der Waals surface area contributed by atoms with Crippen LogP contribution in [0, 0.1) is 0 Å². The summed E-state index contributed by atoms with van der Waals surface area (Å²) in [7, 11) is 0. The molecule has 0 N–H and O–H groups in total. The number of furan rings is 1. The van der Waals surface area contributed by atoms with E-state index in [1.807, 2.05) is 13.8 Å². The summed E-state index contributed by atoms with van der Waals surface area (Å²) in [5, 5.41) is 1.54. The van der Waals surface area contributed by atoms with Crippen LogP contribution in [0.4, 0.5) is 0 Å². The van der Waals surface area contributed by atoms with Gasteiger partial charge in [0.05, 0.1) is 40.3 Å². The van der Waals surface area contributed by atoms with E-state index in [-0.39, 0.29) is 28.6 Å². The second-order valence-corrected chi connectivity index (χ2v) is 8.77. The van der Waals surface area contributed by atoms with Crippen molar-refractivity contribution in [2.45, 2.75) is 33.0 Å². The molecule has 4 rings (SSSR count). The Morgan fingerprint density at radius 1 is 1.12 bits per heavy atom. The van der Waals surface area contributed by atoms with Gasteiger partial charge in [0.2, 0.25) is 0 Å². The molecule has 1 atom stereocenters. The number of benzene rings is 2. The maximum atomic E-state index is 13.6. The number of nitrogens with zero attached hydrogens (tertiary/aromatic N) is 3. The highest BCUT2D eigenvalue weighted by molar-refractivity contribution is 6.36. The maximum Gasteiger partial charge on any atom is 0.261 e. The lowest BCUT2D eigenvalue weighted by atomic mass is 10.1. The first-order chi connectivity index (χ1) is 15.8. The van der Waals surface area contributed by atoms with Gasteiger partial charge < -0.3 is 9.32 Å². The largest absolute Gasteiger partial charge is 0.467 e. The van der Waals surface area contributed by atoms with Crippen LogP contribution < -0.4 is 5.56 Å². The fraction of sp³-hybridized carbons (Fsp3) is 0.208. The third-order valence-electron chi connectivity index (χ3n) is 5.43. The summed E-state index contributed by atoms with van der Waals surface area (Å²) >= 11 is 18.4. The number of carbonyl (C=O) groups excluding carboxylic acids is 1. The van der Waals surface area contributed by atoms with Crippen LogP contribution in [0.3, 0.4) is 0 Å². The summed E-state index contributed by atoms with van der Waals surface area (Å²) in [6, 6.07) is 12.6. The molecule has 2 aromatic heterocycles. The number of aromatic nitrogens is 2. The summed E-state index contributed by atoms with van der Waals surface area (Å²) in [6.07, 6.45) is 1.54. The number of rotatable bonds is 6. The van der Waals surface area contributed by atoms with Crippen LogP contribution in [0.2, 0.25) is 15.1 Å². The Morgan fingerprint density at radius 3 is 2.52 bits per heavy atom. The third-order valence-corrected chi connectivity index (χ3v) is 6.21. The van der Waals surface area contributed by atoms with Crippen LogP contribution in [0.1, 0.15) is 41.8 Å². The van der Waals surface area contributed by atoms with E-state index < -0.39 is 6.04 Å². The second kappa shape index (κ2) is 9.59. The zero-order valence-corrected chi connectivity index (χ0v) is 20.2. The molecule has 33 heavy (non-hydrogen) atoms. The van der Waals surface area contributed by atoms with Crippen molar-refractivity contribution in [2.24, 2.45) is 0 Å². The van der Waals surface area contributed by atoms with Crippen LogP contribution in [-0.4, -0.2) is 20.4 Å². The molecule has 0 aliphatic rings. The third kappa shape index (κ3) is 4.64. The van der Waals surface area contributed by atoms with Crippen LogP contribution >= 0.6 is 34.8 Å². The first-order valence-corrected chi connectivity index (χ1v) is 11.4.